The van der Waals surface area contributed by atoms with Gasteiger partial charge in [-0.15, -0.1) is 0 Å². The van der Waals surface area contributed by atoms with Crippen LogP contribution in [0.4, 0.5) is 24.5 Å². The van der Waals surface area contributed by atoms with Crippen LogP contribution in [0.15, 0.2) is 12.1 Å². The average molecular weight is 222 g/mol. The van der Waals surface area contributed by atoms with Gasteiger partial charge in [0, 0.05) is 6.07 Å². The highest BCUT2D eigenvalue weighted by Gasteiger charge is 2.20. The fourth-order valence-corrected chi connectivity index (χ4v) is 0.924. The first kappa shape index (κ1) is 11.1. The second-order valence-corrected chi connectivity index (χ2v) is 2.47. The van der Waals surface area contributed by atoms with Gasteiger partial charge in [0.05, 0.1) is 11.0 Å². The van der Waals surface area contributed by atoms with Gasteiger partial charge in [0.25, 0.3) is 5.69 Å². The van der Waals surface area contributed by atoms with Crippen molar-refractivity contribution in [1.29, 1.82) is 0 Å². The zero-order valence-electron chi connectivity index (χ0n) is 7.12. The van der Waals surface area contributed by atoms with Gasteiger partial charge in [0.2, 0.25) is 0 Å². The highest BCUT2D eigenvalue weighted by atomic mass is 19.3. The van der Waals surface area contributed by atoms with Crippen molar-refractivity contribution < 1.29 is 22.8 Å². The van der Waals surface area contributed by atoms with Crippen molar-refractivity contribution in [3.8, 4) is 5.75 Å². The highest BCUT2D eigenvalue weighted by Crippen LogP contribution is 2.33. The zero-order valence-corrected chi connectivity index (χ0v) is 7.12. The Morgan fingerprint density at radius 3 is 2.53 bits per heavy atom. The number of anilines is 1. The molecule has 0 aliphatic carbocycles. The Morgan fingerprint density at radius 2 is 2.07 bits per heavy atom. The topological polar surface area (TPSA) is 78.4 Å². The summed E-state index contributed by atoms with van der Waals surface area (Å²) in [5.74, 6) is -1.83. The Hall–Kier alpha value is -1.99. The molecule has 0 spiro atoms. The Bertz CT molecular complexity index is 397. The third-order valence-electron chi connectivity index (χ3n) is 1.50. The van der Waals surface area contributed by atoms with E-state index in [1.54, 1.807) is 0 Å². The molecule has 0 bridgehead atoms. The Morgan fingerprint density at radius 1 is 1.47 bits per heavy atom. The standard InChI is InChI=1S/C7H5F3N2O3/c8-3-1-4(12(13)14)6(11)5(2-3)15-7(9)10/h1-2,7H,11H2. The van der Waals surface area contributed by atoms with Crippen LogP contribution in [0.5, 0.6) is 5.75 Å². The van der Waals surface area contributed by atoms with Gasteiger partial charge in [-0.3, -0.25) is 10.1 Å². The van der Waals surface area contributed by atoms with Crippen LogP contribution in [0.2, 0.25) is 0 Å². The summed E-state index contributed by atoms with van der Waals surface area (Å²) < 4.78 is 40.1. The number of halogens is 3. The number of hydrogen-bond acceptors (Lipinski definition) is 4. The van der Waals surface area contributed by atoms with E-state index in [4.69, 9.17) is 5.73 Å². The molecule has 82 valence electrons. The third kappa shape index (κ3) is 2.48. The molecule has 0 atom stereocenters. The van der Waals surface area contributed by atoms with Gasteiger partial charge >= 0.3 is 6.61 Å². The molecule has 15 heavy (non-hydrogen) atoms. The second kappa shape index (κ2) is 4.03. The van der Waals surface area contributed by atoms with Gasteiger partial charge in [0.1, 0.15) is 5.82 Å². The molecule has 0 aliphatic rings. The molecular formula is C7H5F3N2O3. The maximum Gasteiger partial charge on any atom is 0.387 e. The molecule has 0 fully saturated rings. The second-order valence-electron chi connectivity index (χ2n) is 2.47. The summed E-state index contributed by atoms with van der Waals surface area (Å²) in [6, 6.07) is 1.07. The minimum absolute atomic E-state index is 0.521. The van der Waals surface area contributed by atoms with E-state index in [-0.39, 0.29) is 0 Å². The Balaban J connectivity index is 3.22. The van der Waals surface area contributed by atoms with Crippen LogP contribution in [0.25, 0.3) is 0 Å². The van der Waals surface area contributed by atoms with Gasteiger partial charge in [-0.05, 0) is 0 Å². The first-order valence-corrected chi connectivity index (χ1v) is 3.60. The van der Waals surface area contributed by atoms with Crippen LogP contribution in [0.3, 0.4) is 0 Å². The van der Waals surface area contributed by atoms with E-state index in [0.29, 0.717) is 12.1 Å². The lowest BCUT2D eigenvalue weighted by atomic mass is 10.2. The van der Waals surface area contributed by atoms with Gasteiger partial charge in [-0.25, -0.2) is 4.39 Å². The summed E-state index contributed by atoms with van der Waals surface area (Å²) in [6.45, 7) is -3.23. The number of nitrogens with zero attached hydrogens (tertiary/aromatic N) is 1. The minimum Gasteiger partial charge on any atom is -0.432 e. The molecule has 0 aromatic heterocycles. The molecule has 0 saturated carbocycles. The molecule has 0 saturated heterocycles. The first-order chi connectivity index (χ1) is 6.91. The molecule has 5 nitrogen and oxygen atoms in total. The minimum atomic E-state index is -3.23. The quantitative estimate of drug-likeness (QED) is 0.481. The smallest absolute Gasteiger partial charge is 0.387 e. The Kier molecular flexibility index (Phi) is 2.98. The van der Waals surface area contributed by atoms with E-state index in [1.807, 2.05) is 0 Å². The zero-order chi connectivity index (χ0) is 11.6. The van der Waals surface area contributed by atoms with Crippen molar-refractivity contribution in [1.82, 2.24) is 0 Å². The number of alkyl halides is 2. The van der Waals surface area contributed by atoms with Crippen molar-refractivity contribution in [3.63, 3.8) is 0 Å². The van der Waals surface area contributed by atoms with Crippen molar-refractivity contribution in [2.75, 3.05) is 5.73 Å². The molecule has 8 heteroatoms. The fourth-order valence-electron chi connectivity index (χ4n) is 0.924. The molecule has 0 aliphatic heterocycles. The van der Waals surface area contributed by atoms with Gasteiger partial charge < -0.3 is 10.5 Å². The van der Waals surface area contributed by atoms with Crippen LogP contribution in [-0.2, 0) is 0 Å². The van der Waals surface area contributed by atoms with E-state index < -0.39 is 34.5 Å². The maximum atomic E-state index is 12.7. The molecule has 1 rings (SSSR count). The normalized spacial score (nSPS) is 10.4. The van der Waals surface area contributed by atoms with E-state index >= 15 is 0 Å². The van der Waals surface area contributed by atoms with Crippen LogP contribution in [0, 0.1) is 15.9 Å². The summed E-state index contributed by atoms with van der Waals surface area (Å²) >= 11 is 0. The summed E-state index contributed by atoms with van der Waals surface area (Å²) in [6.07, 6.45) is 0. The van der Waals surface area contributed by atoms with Crippen LogP contribution in [0.1, 0.15) is 0 Å². The molecule has 1 aromatic rings. The average Bonchev–Trinajstić information content (AvgIpc) is 2.09. The van der Waals surface area contributed by atoms with Crippen LogP contribution in [-0.4, -0.2) is 11.5 Å². The van der Waals surface area contributed by atoms with Crippen molar-refractivity contribution >= 4 is 11.4 Å². The SMILES string of the molecule is Nc1c(OC(F)F)cc(F)cc1[N+](=O)[O-]. The maximum absolute atomic E-state index is 12.7. The summed E-state index contributed by atoms with van der Waals surface area (Å²) in [4.78, 5) is 9.34. The van der Waals surface area contributed by atoms with E-state index in [0.717, 1.165) is 0 Å². The summed E-state index contributed by atoms with van der Waals surface area (Å²) in [5, 5.41) is 10.3. The molecular weight excluding hydrogens is 217 g/mol. The largest absolute Gasteiger partial charge is 0.432 e. The number of nitrogens with two attached hydrogens (primary N) is 1. The third-order valence-corrected chi connectivity index (χ3v) is 1.50. The fraction of sp³-hybridized carbons (Fsp3) is 0.143. The number of nitro groups is 1. The van der Waals surface area contributed by atoms with Gasteiger partial charge in [-0.2, -0.15) is 8.78 Å². The molecule has 0 amide bonds. The number of hydrogen-bond donors (Lipinski definition) is 1. The number of ether oxygens (including phenoxy) is 1. The molecule has 1 aromatic carbocycles. The van der Waals surface area contributed by atoms with Crippen LogP contribution >= 0.6 is 0 Å². The van der Waals surface area contributed by atoms with E-state index in [2.05, 4.69) is 4.74 Å². The van der Waals surface area contributed by atoms with E-state index in [1.165, 1.54) is 0 Å². The summed E-state index contributed by atoms with van der Waals surface area (Å²) in [5.41, 5.74) is 3.68. The van der Waals surface area contributed by atoms with Crippen LogP contribution < -0.4 is 10.5 Å². The highest BCUT2D eigenvalue weighted by molar-refractivity contribution is 5.67. The lowest BCUT2D eigenvalue weighted by Crippen LogP contribution is -2.06. The molecule has 0 radical (unpaired) electrons. The molecule has 0 unspecified atom stereocenters. The van der Waals surface area contributed by atoms with Crippen molar-refractivity contribution in [2.24, 2.45) is 0 Å². The van der Waals surface area contributed by atoms with Crippen molar-refractivity contribution in [2.45, 2.75) is 6.61 Å². The molecule has 0 heterocycles. The number of nitrogen functional groups attached to an aromatic ring is 1. The Labute approximate surface area is 81.4 Å². The van der Waals surface area contributed by atoms with Crippen molar-refractivity contribution in [3.05, 3.63) is 28.1 Å². The van der Waals surface area contributed by atoms with E-state index in [9.17, 15) is 23.3 Å². The summed E-state index contributed by atoms with van der Waals surface area (Å²) in [7, 11) is 0. The molecule has 2 N–H and O–H groups in total. The lowest BCUT2D eigenvalue weighted by molar-refractivity contribution is -0.384. The monoisotopic (exact) mass is 222 g/mol. The van der Waals surface area contributed by atoms with Gasteiger partial charge in [-0.1, -0.05) is 0 Å². The number of benzene rings is 1. The number of nitro benzene ring substituents is 1. The predicted octanol–water partition coefficient (Wildman–Crippen LogP) is 1.92. The first-order valence-electron chi connectivity index (χ1n) is 3.60. The lowest BCUT2D eigenvalue weighted by Gasteiger charge is -2.07. The number of rotatable bonds is 3. The van der Waals surface area contributed by atoms with Gasteiger partial charge in [0.15, 0.2) is 11.4 Å². The predicted molar refractivity (Wildman–Crippen MR) is 44.1 cm³/mol.